The first-order valence-electron chi connectivity index (χ1n) is 12.0. The second-order valence-electron chi connectivity index (χ2n) is 9.24. The number of benzene rings is 2. The number of carbonyl (C=O) groups excluding carboxylic acids is 2. The van der Waals surface area contributed by atoms with Crippen LogP contribution in [0.1, 0.15) is 49.7 Å². The van der Waals surface area contributed by atoms with E-state index < -0.39 is 29.4 Å². The minimum Gasteiger partial charge on any atom is -0.493 e. The van der Waals surface area contributed by atoms with E-state index in [0.29, 0.717) is 33.8 Å². The molecule has 1 N–H and O–H groups in total. The Morgan fingerprint density at radius 1 is 1.03 bits per heavy atom. The van der Waals surface area contributed by atoms with Gasteiger partial charge in [-0.25, -0.2) is 4.79 Å². The molecule has 10 heteroatoms. The predicted octanol–water partition coefficient (Wildman–Crippen LogP) is 4.25. The first kappa shape index (κ1) is 27.1. The van der Waals surface area contributed by atoms with Gasteiger partial charge < -0.3 is 38.3 Å². The number of hydrogen-bond acceptors (Lipinski definition) is 10. The molecule has 1 aliphatic heterocycles. The number of Topliss-reactive ketones (excluding diaryl/α,β-unsaturated/α-hetero) is 1. The van der Waals surface area contributed by atoms with E-state index in [1.165, 1.54) is 35.4 Å². The third kappa shape index (κ3) is 3.99. The van der Waals surface area contributed by atoms with Crippen LogP contribution < -0.4 is 28.4 Å². The van der Waals surface area contributed by atoms with Crippen molar-refractivity contribution in [1.29, 1.82) is 0 Å². The van der Waals surface area contributed by atoms with Crippen LogP contribution in [0.5, 0.6) is 34.5 Å². The molecule has 0 saturated heterocycles. The lowest BCUT2D eigenvalue weighted by Crippen LogP contribution is -2.46. The molecule has 10 nitrogen and oxygen atoms in total. The molecule has 3 atom stereocenters. The number of carbonyl (C=O) groups is 2. The Balaban J connectivity index is 2.22. The molecule has 1 aliphatic carbocycles. The van der Waals surface area contributed by atoms with Crippen LogP contribution in [0.3, 0.4) is 0 Å². The minimum atomic E-state index is -1.86. The lowest BCUT2D eigenvalue weighted by molar-refractivity contribution is -0.164. The summed E-state index contributed by atoms with van der Waals surface area (Å²) < 4.78 is 40.0. The fourth-order valence-corrected chi connectivity index (χ4v) is 4.83. The van der Waals surface area contributed by atoms with Gasteiger partial charge in [0.15, 0.2) is 34.9 Å². The van der Waals surface area contributed by atoms with Crippen molar-refractivity contribution in [2.45, 2.75) is 39.4 Å². The molecule has 3 unspecified atom stereocenters. The highest BCUT2D eigenvalue weighted by Crippen LogP contribution is 2.59. The molecule has 0 aromatic heterocycles. The monoisotopic (exact) mass is 528 g/mol. The number of fused-ring (bicyclic) bond motifs is 4. The van der Waals surface area contributed by atoms with Crippen molar-refractivity contribution in [3.05, 3.63) is 34.9 Å². The Morgan fingerprint density at radius 2 is 1.68 bits per heavy atom. The number of methoxy groups -OCH3 is 4. The molecule has 38 heavy (non-hydrogen) atoms. The van der Waals surface area contributed by atoms with Gasteiger partial charge in [0.2, 0.25) is 18.3 Å². The van der Waals surface area contributed by atoms with Gasteiger partial charge in [0.05, 0.1) is 34.4 Å². The van der Waals surface area contributed by atoms with Crippen molar-refractivity contribution in [3.8, 4) is 45.6 Å². The van der Waals surface area contributed by atoms with E-state index in [2.05, 4.69) is 0 Å². The van der Waals surface area contributed by atoms with Gasteiger partial charge in [0.25, 0.3) is 0 Å². The second kappa shape index (κ2) is 10.1. The van der Waals surface area contributed by atoms with Gasteiger partial charge in [-0.3, -0.25) is 4.79 Å². The molecule has 0 radical (unpaired) electrons. The number of rotatable bonds is 6. The van der Waals surface area contributed by atoms with Gasteiger partial charge in [0.1, 0.15) is 5.60 Å². The molecule has 0 spiro atoms. The van der Waals surface area contributed by atoms with Gasteiger partial charge in [-0.15, -0.1) is 0 Å². The Hall–Kier alpha value is -3.92. The van der Waals surface area contributed by atoms with Gasteiger partial charge in [-0.1, -0.05) is 13.0 Å². The number of ether oxygens (including phenoxy) is 7. The molecule has 2 aromatic rings. The summed E-state index contributed by atoms with van der Waals surface area (Å²) in [6.07, 6.45) is 0.278. The van der Waals surface area contributed by atoms with E-state index in [1.807, 2.05) is 0 Å². The smallest absolute Gasteiger partial charge is 0.334 e. The average Bonchev–Trinajstić information content (AvgIpc) is 3.40. The molecule has 204 valence electrons. The third-order valence-electron chi connectivity index (χ3n) is 7.26. The normalized spacial score (nSPS) is 22.0. The van der Waals surface area contributed by atoms with E-state index in [0.717, 1.165) is 0 Å². The van der Waals surface area contributed by atoms with Crippen LogP contribution in [0.2, 0.25) is 0 Å². The Bertz CT molecular complexity index is 1320. The summed E-state index contributed by atoms with van der Waals surface area (Å²) in [5.74, 6) is -0.570. The first-order valence-corrected chi connectivity index (χ1v) is 12.0. The van der Waals surface area contributed by atoms with Crippen molar-refractivity contribution in [3.63, 3.8) is 0 Å². The maximum atomic E-state index is 14.0. The van der Waals surface area contributed by atoms with Crippen LogP contribution in [0.4, 0.5) is 0 Å². The van der Waals surface area contributed by atoms with Gasteiger partial charge in [-0.2, -0.15) is 0 Å². The van der Waals surface area contributed by atoms with Crippen molar-refractivity contribution < 1.29 is 47.9 Å². The summed E-state index contributed by atoms with van der Waals surface area (Å²) >= 11 is 0. The summed E-state index contributed by atoms with van der Waals surface area (Å²) in [5.41, 5.74) is -0.370. The highest BCUT2D eigenvalue weighted by Gasteiger charge is 2.50. The van der Waals surface area contributed by atoms with Crippen LogP contribution in [-0.2, 0) is 9.53 Å². The van der Waals surface area contributed by atoms with Crippen LogP contribution in [-0.4, -0.2) is 57.7 Å². The van der Waals surface area contributed by atoms with E-state index in [4.69, 9.17) is 33.2 Å². The molecule has 0 bridgehead atoms. The van der Waals surface area contributed by atoms with E-state index in [9.17, 15) is 14.7 Å². The predicted molar refractivity (Wildman–Crippen MR) is 137 cm³/mol. The largest absolute Gasteiger partial charge is 0.493 e. The molecule has 2 aliphatic rings. The zero-order chi connectivity index (χ0) is 27.9. The highest BCUT2D eigenvalue weighted by atomic mass is 16.7. The quantitative estimate of drug-likeness (QED) is 0.430. The zero-order valence-electron chi connectivity index (χ0n) is 22.7. The number of hydrogen-bond donors (Lipinski definition) is 1. The van der Waals surface area contributed by atoms with Crippen LogP contribution in [0.25, 0.3) is 11.1 Å². The molecular formula is C28H32O10. The fourth-order valence-electron chi connectivity index (χ4n) is 4.83. The molecule has 1 heterocycles. The maximum absolute atomic E-state index is 14.0. The van der Waals surface area contributed by atoms with Gasteiger partial charge >= 0.3 is 5.97 Å². The number of allylic oxidation sites excluding steroid dienone is 1. The molecular weight excluding hydrogens is 496 g/mol. The van der Waals surface area contributed by atoms with Crippen molar-refractivity contribution in [1.82, 2.24) is 0 Å². The van der Waals surface area contributed by atoms with Crippen LogP contribution >= 0.6 is 0 Å². The minimum absolute atomic E-state index is 0.0607. The molecule has 0 amide bonds. The standard InChI is InChI=1S/C28H32O10/c1-9-13(2)27(30)38-26-16-11-17(32-5)22(33-6)24(34-7)20(16)19-15(21(29)14(3)28(26,4)31)10-18-23(25(19)35-8)37-12-36-18/h9-11,14,26,31H,12H2,1-8H3. The summed E-state index contributed by atoms with van der Waals surface area (Å²) in [7, 11) is 5.78. The maximum Gasteiger partial charge on any atom is 0.334 e. The van der Waals surface area contributed by atoms with E-state index in [1.54, 1.807) is 39.0 Å². The van der Waals surface area contributed by atoms with E-state index in [-0.39, 0.29) is 35.4 Å². The van der Waals surface area contributed by atoms with Crippen LogP contribution in [0.15, 0.2) is 23.8 Å². The zero-order valence-corrected chi connectivity index (χ0v) is 22.7. The van der Waals surface area contributed by atoms with Crippen molar-refractivity contribution >= 4 is 11.8 Å². The number of aliphatic hydroxyl groups is 1. The summed E-state index contributed by atoms with van der Waals surface area (Å²) in [6, 6.07) is 3.16. The lowest BCUT2D eigenvalue weighted by atomic mass is 9.72. The summed E-state index contributed by atoms with van der Waals surface area (Å²) in [5, 5.41) is 11.9. The molecule has 4 rings (SSSR count). The third-order valence-corrected chi connectivity index (χ3v) is 7.26. The van der Waals surface area contributed by atoms with Crippen LogP contribution in [0, 0.1) is 5.92 Å². The topological polar surface area (TPSA) is 119 Å². The molecule has 2 aromatic carbocycles. The Labute approximate surface area is 221 Å². The fraction of sp³-hybridized carbons (Fsp3) is 0.429. The molecule has 0 saturated carbocycles. The number of esters is 1. The van der Waals surface area contributed by atoms with Crippen molar-refractivity contribution in [2.24, 2.45) is 5.92 Å². The molecule has 0 fully saturated rings. The first-order chi connectivity index (χ1) is 18.1. The Kier molecular flexibility index (Phi) is 7.20. The number of ketones is 1. The van der Waals surface area contributed by atoms with Crippen molar-refractivity contribution in [2.75, 3.05) is 35.2 Å². The lowest BCUT2D eigenvalue weighted by Gasteiger charge is -2.40. The highest BCUT2D eigenvalue weighted by molar-refractivity contribution is 6.09. The summed E-state index contributed by atoms with van der Waals surface area (Å²) in [6.45, 7) is 6.28. The van der Waals surface area contributed by atoms with Gasteiger partial charge in [-0.05, 0) is 32.9 Å². The SMILES string of the molecule is CC=C(C)C(=O)OC1c2cc(OC)c(OC)c(OC)c2-c2c(cc3c(c2OC)OCO3)C(=O)C(C)C1(C)O. The summed E-state index contributed by atoms with van der Waals surface area (Å²) in [4.78, 5) is 27.1. The Morgan fingerprint density at radius 3 is 2.26 bits per heavy atom. The van der Waals surface area contributed by atoms with Gasteiger partial charge in [0, 0.05) is 27.8 Å². The second-order valence-corrected chi connectivity index (χ2v) is 9.24. The van der Waals surface area contributed by atoms with E-state index >= 15 is 0 Å². The average molecular weight is 529 g/mol.